The van der Waals surface area contributed by atoms with Crippen LogP contribution in [0.5, 0.6) is 5.75 Å². The molecule has 0 fully saturated rings. The fourth-order valence-electron chi connectivity index (χ4n) is 1.64. The van der Waals surface area contributed by atoms with Crippen LogP contribution in [0.4, 0.5) is 4.79 Å². The number of phenolic OH excluding ortho intramolecular Hbond substituents is 1. The normalized spacial score (nSPS) is 9.10. The maximum Gasteiger partial charge on any atom is 0.254 e. The summed E-state index contributed by atoms with van der Waals surface area (Å²) in [7, 11) is 1.92. The Bertz CT molecular complexity index is 524. The third kappa shape index (κ3) is 5.60. The van der Waals surface area contributed by atoms with Gasteiger partial charge in [-0.05, 0) is 24.6 Å². The van der Waals surface area contributed by atoms with Crippen molar-refractivity contribution in [2.24, 2.45) is 7.05 Å². The molecule has 0 bridgehead atoms. The number of amides is 1. The van der Waals surface area contributed by atoms with E-state index in [9.17, 15) is 15.0 Å². The van der Waals surface area contributed by atoms with Crippen molar-refractivity contribution in [3.05, 3.63) is 36.5 Å². The summed E-state index contributed by atoms with van der Waals surface area (Å²) in [5, 5.41) is 22.2. The summed E-state index contributed by atoms with van der Waals surface area (Å²) in [6.45, 7) is 2.37. The number of fused-ring (bicyclic) bond motifs is 1. The Balaban J connectivity index is 0.000000396. The molecule has 1 heterocycles. The molecule has 1 amide bonds. The number of nitrogens with one attached hydrogen (secondary N) is 1. The van der Waals surface area contributed by atoms with Crippen LogP contribution in [0.2, 0.25) is 0 Å². The molecule has 20 heavy (non-hydrogen) atoms. The second-order valence-corrected chi connectivity index (χ2v) is 4.05. The molecule has 1 aromatic carbocycles. The number of phenols is 1. The second-order valence-electron chi connectivity index (χ2n) is 4.05. The zero-order chi connectivity index (χ0) is 14.3. The van der Waals surface area contributed by atoms with Crippen LogP contribution >= 0.6 is 0 Å². The number of aromatic nitrogens is 1. The summed E-state index contributed by atoms with van der Waals surface area (Å²) in [6.07, 6.45) is 1.54. The van der Waals surface area contributed by atoms with E-state index in [1.165, 1.54) is 0 Å². The maximum absolute atomic E-state index is 9.54. The smallest absolute Gasteiger partial charge is 0.254 e. The number of pyridine rings is 1. The number of rotatable bonds is 2. The van der Waals surface area contributed by atoms with E-state index in [1.54, 1.807) is 6.07 Å². The molecular weight excluding hydrogens is 371 g/mol. The first-order valence-corrected chi connectivity index (χ1v) is 6.07. The van der Waals surface area contributed by atoms with Gasteiger partial charge in [-0.2, -0.15) is 4.57 Å². The molecule has 0 aliphatic rings. The Labute approximate surface area is 135 Å². The number of benzene rings is 1. The molecule has 0 unspecified atom stereocenters. The predicted molar refractivity (Wildman–Crippen MR) is 70.5 cm³/mol. The number of para-hydroxylation sites is 1. The highest BCUT2D eigenvalue weighted by Gasteiger charge is 2.07. The quantitative estimate of drug-likeness (QED) is 0.448. The van der Waals surface area contributed by atoms with E-state index >= 15 is 0 Å². The maximum atomic E-state index is 9.54. The fraction of sp³-hybridized carbons (Fsp3) is 0.286. The molecule has 6 heteroatoms. The lowest BCUT2D eigenvalue weighted by molar-refractivity contribution is -0.645. The predicted octanol–water partition coefficient (Wildman–Crippen LogP) is -2.30. The van der Waals surface area contributed by atoms with Crippen molar-refractivity contribution in [2.75, 3.05) is 6.54 Å². The molecule has 0 aliphatic heterocycles. The van der Waals surface area contributed by atoms with Gasteiger partial charge in [-0.1, -0.05) is 13.0 Å². The van der Waals surface area contributed by atoms with Crippen molar-refractivity contribution in [1.29, 1.82) is 0 Å². The third-order valence-electron chi connectivity index (χ3n) is 2.50. The molecular formula is C14H18IN2O3-. The van der Waals surface area contributed by atoms with Gasteiger partial charge in [0.25, 0.3) is 5.52 Å². The summed E-state index contributed by atoms with van der Waals surface area (Å²) in [5.74, 6) is 0.329. The highest BCUT2D eigenvalue weighted by atomic mass is 127. The van der Waals surface area contributed by atoms with Crippen molar-refractivity contribution < 1.29 is 43.6 Å². The summed E-state index contributed by atoms with van der Waals surface area (Å²) >= 11 is 0. The first kappa shape index (κ1) is 18.4. The van der Waals surface area contributed by atoms with Crippen LogP contribution in [-0.4, -0.2) is 17.7 Å². The molecule has 0 aliphatic carbocycles. The largest absolute Gasteiger partial charge is 1.00 e. The topological polar surface area (TPSA) is 76.3 Å². The lowest BCUT2D eigenvalue weighted by atomic mass is 10.2. The van der Waals surface area contributed by atoms with E-state index in [4.69, 9.17) is 0 Å². The average molecular weight is 389 g/mol. The van der Waals surface area contributed by atoms with E-state index in [0.29, 0.717) is 12.3 Å². The molecule has 0 atom stereocenters. The third-order valence-corrected chi connectivity index (χ3v) is 2.50. The molecule has 1 aromatic heterocycles. The Kier molecular flexibility index (Phi) is 8.62. The van der Waals surface area contributed by atoms with Crippen LogP contribution in [0.15, 0.2) is 36.5 Å². The van der Waals surface area contributed by atoms with E-state index in [0.717, 1.165) is 17.3 Å². The van der Waals surface area contributed by atoms with Gasteiger partial charge < -0.3 is 44.3 Å². The van der Waals surface area contributed by atoms with Crippen LogP contribution in [0.25, 0.3) is 10.9 Å². The highest BCUT2D eigenvalue weighted by Crippen LogP contribution is 2.19. The zero-order valence-corrected chi connectivity index (χ0v) is 13.6. The minimum Gasteiger partial charge on any atom is -1.00 e. The lowest BCUT2D eigenvalue weighted by Crippen LogP contribution is -3.00. The van der Waals surface area contributed by atoms with Crippen molar-refractivity contribution in [3.8, 4) is 5.75 Å². The number of carbonyl (C=O) groups is 1. The first-order chi connectivity index (χ1) is 9.06. The fourth-order valence-corrected chi connectivity index (χ4v) is 1.64. The minimum absolute atomic E-state index is 0. The molecule has 5 nitrogen and oxygen atoms in total. The molecule has 2 aromatic rings. The molecule has 110 valence electrons. The van der Waals surface area contributed by atoms with Crippen LogP contribution in [0.3, 0.4) is 0 Å². The van der Waals surface area contributed by atoms with Gasteiger partial charge in [0, 0.05) is 12.6 Å². The number of carboxylic acid groups (broad SMARTS) is 1. The molecule has 0 spiro atoms. The van der Waals surface area contributed by atoms with E-state index < -0.39 is 6.09 Å². The number of halogens is 1. The number of aryl methyl sites for hydroxylation is 1. The zero-order valence-electron chi connectivity index (χ0n) is 11.5. The summed E-state index contributed by atoms with van der Waals surface area (Å²) < 4.78 is 1.91. The summed E-state index contributed by atoms with van der Waals surface area (Å²) in [5.41, 5.74) is 0.875. The highest BCUT2D eigenvalue weighted by molar-refractivity contribution is 5.80. The summed E-state index contributed by atoms with van der Waals surface area (Å²) in [6, 6.07) is 9.46. The Morgan fingerprint density at radius 3 is 2.50 bits per heavy atom. The second kappa shape index (κ2) is 9.35. The molecule has 0 saturated carbocycles. The SMILES string of the molecule is CCCNC(=O)[O-].C[n+]1cccc2cccc(O)c21.[I-]. The number of carbonyl (C=O) groups excluding carboxylic acids is 1. The number of hydrogen-bond acceptors (Lipinski definition) is 3. The minimum atomic E-state index is -1.19. The average Bonchev–Trinajstić information content (AvgIpc) is 2.37. The van der Waals surface area contributed by atoms with Gasteiger partial charge in [-0.15, -0.1) is 0 Å². The number of nitrogens with zero attached hydrogens (tertiary/aromatic N) is 1. The van der Waals surface area contributed by atoms with E-state index in [-0.39, 0.29) is 24.0 Å². The first-order valence-electron chi connectivity index (χ1n) is 6.07. The Hall–Kier alpha value is -1.57. The van der Waals surface area contributed by atoms with Crippen molar-refractivity contribution in [3.63, 3.8) is 0 Å². The molecule has 0 radical (unpaired) electrons. The molecule has 2 N–H and O–H groups in total. The molecule has 0 saturated heterocycles. The van der Waals surface area contributed by atoms with Gasteiger partial charge in [0.2, 0.25) is 0 Å². The lowest BCUT2D eigenvalue weighted by Gasteiger charge is -2.01. The van der Waals surface area contributed by atoms with Crippen LogP contribution in [0, 0.1) is 0 Å². The van der Waals surface area contributed by atoms with Crippen LogP contribution < -0.4 is 39.0 Å². The van der Waals surface area contributed by atoms with Gasteiger partial charge in [0.05, 0.1) is 5.39 Å². The van der Waals surface area contributed by atoms with Gasteiger partial charge in [0.15, 0.2) is 11.9 Å². The number of hydrogen-bond donors (Lipinski definition) is 2. The van der Waals surface area contributed by atoms with Crippen LogP contribution in [-0.2, 0) is 7.05 Å². The number of aromatic hydroxyl groups is 1. The van der Waals surface area contributed by atoms with E-state index in [1.807, 2.05) is 49.0 Å². The standard InChI is InChI=1S/C10H9NO.C4H9NO2.HI/c1-11-7-3-5-8-4-2-6-9(12)10(8)11;1-2-3-5-4(6)7;/h2-7H,1H3;5H,2-3H2,1H3,(H,6,7);1H/p-1. The van der Waals surface area contributed by atoms with Gasteiger partial charge >= 0.3 is 0 Å². The van der Waals surface area contributed by atoms with Gasteiger partial charge in [-0.3, -0.25) is 0 Å². The van der Waals surface area contributed by atoms with Crippen molar-refractivity contribution >= 4 is 17.0 Å². The van der Waals surface area contributed by atoms with Crippen molar-refractivity contribution in [1.82, 2.24) is 5.32 Å². The van der Waals surface area contributed by atoms with E-state index in [2.05, 4.69) is 5.32 Å². The van der Waals surface area contributed by atoms with Gasteiger partial charge in [-0.25, -0.2) is 0 Å². The summed E-state index contributed by atoms with van der Waals surface area (Å²) in [4.78, 5) is 9.54. The van der Waals surface area contributed by atoms with Crippen LogP contribution in [0.1, 0.15) is 13.3 Å². The Morgan fingerprint density at radius 1 is 1.35 bits per heavy atom. The Morgan fingerprint density at radius 2 is 2.00 bits per heavy atom. The van der Waals surface area contributed by atoms with Gasteiger partial charge in [0.1, 0.15) is 13.1 Å². The monoisotopic (exact) mass is 389 g/mol. The van der Waals surface area contributed by atoms with Crippen molar-refractivity contribution in [2.45, 2.75) is 13.3 Å². The molecule has 2 rings (SSSR count).